The van der Waals surface area contributed by atoms with E-state index in [4.69, 9.17) is 10.5 Å². The maximum absolute atomic E-state index is 12.4. The van der Waals surface area contributed by atoms with Gasteiger partial charge in [-0.1, -0.05) is 0 Å². The third kappa shape index (κ3) is 3.15. The van der Waals surface area contributed by atoms with Gasteiger partial charge in [-0.25, -0.2) is 4.79 Å². The zero-order chi connectivity index (χ0) is 15.6. The third-order valence-corrected chi connectivity index (χ3v) is 2.75. The smallest absolute Gasteiger partial charge is 0.416 e. The van der Waals surface area contributed by atoms with E-state index in [0.717, 1.165) is 24.3 Å². The number of esters is 1. The molecule has 0 atom stereocenters. The summed E-state index contributed by atoms with van der Waals surface area (Å²) in [4.78, 5) is 12.0. The average Bonchev–Trinajstić information content (AvgIpc) is 2.79. The van der Waals surface area contributed by atoms with Crippen LogP contribution in [0.4, 0.5) is 18.9 Å². The van der Waals surface area contributed by atoms with Crippen molar-refractivity contribution in [2.24, 2.45) is 0 Å². The minimum Gasteiger partial charge on any atom is -0.422 e. The van der Waals surface area contributed by atoms with E-state index < -0.39 is 17.7 Å². The maximum atomic E-state index is 12.4. The molecule has 0 saturated carbocycles. The molecule has 0 radical (unpaired) electrons. The lowest BCUT2D eigenvalue weighted by atomic mass is 10.2. The van der Waals surface area contributed by atoms with E-state index >= 15 is 0 Å². The van der Waals surface area contributed by atoms with Crippen molar-refractivity contribution in [3.8, 4) is 5.75 Å². The zero-order valence-electron chi connectivity index (χ0n) is 11.0. The summed E-state index contributed by atoms with van der Waals surface area (Å²) in [6.45, 7) is 2.18. The number of nitrogens with zero attached hydrogens (tertiary/aromatic N) is 2. The molecule has 0 bridgehead atoms. The highest BCUT2D eigenvalue weighted by atomic mass is 19.4. The van der Waals surface area contributed by atoms with Gasteiger partial charge in [-0.15, -0.1) is 0 Å². The van der Waals surface area contributed by atoms with Gasteiger partial charge in [0.1, 0.15) is 5.75 Å². The molecule has 0 aliphatic rings. The van der Waals surface area contributed by atoms with Crippen molar-refractivity contribution in [1.29, 1.82) is 0 Å². The first-order chi connectivity index (χ1) is 9.82. The van der Waals surface area contributed by atoms with Crippen LogP contribution in [0.5, 0.6) is 5.75 Å². The second kappa shape index (κ2) is 5.47. The second-order valence-corrected chi connectivity index (χ2v) is 4.18. The summed E-state index contributed by atoms with van der Waals surface area (Å²) in [5.74, 6) is -0.775. The molecule has 1 aromatic heterocycles. The molecular formula is C13H12F3N3O2. The Morgan fingerprint density at radius 1 is 1.33 bits per heavy atom. The van der Waals surface area contributed by atoms with E-state index in [-0.39, 0.29) is 17.1 Å². The number of carbonyl (C=O) groups is 1. The number of anilines is 1. The number of ether oxygens (including phenoxy) is 1. The monoisotopic (exact) mass is 299 g/mol. The predicted molar refractivity (Wildman–Crippen MR) is 68.7 cm³/mol. The molecule has 0 aliphatic carbocycles. The molecule has 2 aromatic rings. The first-order valence-electron chi connectivity index (χ1n) is 6.03. The van der Waals surface area contributed by atoms with Crippen LogP contribution in [0.15, 0.2) is 30.5 Å². The first kappa shape index (κ1) is 14.9. The summed E-state index contributed by atoms with van der Waals surface area (Å²) in [7, 11) is 0. The molecular weight excluding hydrogens is 287 g/mol. The lowest BCUT2D eigenvalue weighted by molar-refractivity contribution is -0.137. The van der Waals surface area contributed by atoms with Crippen molar-refractivity contribution in [1.82, 2.24) is 9.78 Å². The highest BCUT2D eigenvalue weighted by Crippen LogP contribution is 2.30. The minimum atomic E-state index is -4.44. The van der Waals surface area contributed by atoms with Gasteiger partial charge in [0.05, 0.1) is 17.4 Å². The van der Waals surface area contributed by atoms with Gasteiger partial charge in [-0.3, -0.25) is 4.68 Å². The summed E-state index contributed by atoms with van der Waals surface area (Å²) < 4.78 is 43.6. The van der Waals surface area contributed by atoms with Crippen LogP contribution >= 0.6 is 0 Å². The van der Waals surface area contributed by atoms with Crippen LogP contribution in [0.25, 0.3) is 0 Å². The number of hydrogen-bond donors (Lipinski definition) is 1. The molecule has 0 spiro atoms. The van der Waals surface area contributed by atoms with E-state index in [0.29, 0.717) is 6.54 Å². The van der Waals surface area contributed by atoms with Crippen LogP contribution in [0.1, 0.15) is 23.0 Å². The van der Waals surface area contributed by atoms with E-state index in [2.05, 4.69) is 5.10 Å². The Morgan fingerprint density at radius 2 is 1.95 bits per heavy atom. The van der Waals surface area contributed by atoms with E-state index in [1.165, 1.54) is 10.9 Å². The molecule has 0 amide bonds. The molecule has 0 aliphatic heterocycles. The number of hydrogen-bond acceptors (Lipinski definition) is 4. The van der Waals surface area contributed by atoms with Gasteiger partial charge in [0, 0.05) is 6.54 Å². The van der Waals surface area contributed by atoms with Crippen molar-refractivity contribution in [2.75, 3.05) is 5.73 Å². The zero-order valence-corrected chi connectivity index (χ0v) is 11.0. The van der Waals surface area contributed by atoms with E-state index in [1.54, 1.807) is 6.92 Å². The minimum absolute atomic E-state index is 0.00347. The topological polar surface area (TPSA) is 70.1 Å². The maximum Gasteiger partial charge on any atom is 0.416 e. The second-order valence-electron chi connectivity index (χ2n) is 4.18. The van der Waals surface area contributed by atoms with Gasteiger partial charge in [-0.05, 0) is 31.2 Å². The summed E-state index contributed by atoms with van der Waals surface area (Å²) in [5, 5.41) is 3.89. The number of carbonyl (C=O) groups excluding carboxylic acids is 1. The number of aromatic nitrogens is 2. The van der Waals surface area contributed by atoms with Gasteiger partial charge in [0.15, 0.2) is 5.69 Å². The van der Waals surface area contributed by atoms with Gasteiger partial charge in [0.2, 0.25) is 0 Å². The Kier molecular flexibility index (Phi) is 3.88. The molecule has 5 nitrogen and oxygen atoms in total. The van der Waals surface area contributed by atoms with Crippen LogP contribution in [0.3, 0.4) is 0 Å². The van der Waals surface area contributed by atoms with Crippen molar-refractivity contribution >= 4 is 11.7 Å². The lowest BCUT2D eigenvalue weighted by Crippen LogP contribution is -2.16. The number of alkyl halides is 3. The van der Waals surface area contributed by atoms with Crippen LogP contribution in [-0.2, 0) is 12.7 Å². The quantitative estimate of drug-likeness (QED) is 0.699. The van der Waals surface area contributed by atoms with Crippen LogP contribution in [0, 0.1) is 0 Å². The Hall–Kier alpha value is -2.51. The molecule has 2 rings (SSSR count). The molecule has 0 unspecified atom stereocenters. The molecule has 112 valence electrons. The molecule has 1 heterocycles. The number of aryl methyl sites for hydroxylation is 1. The molecule has 0 fully saturated rings. The van der Waals surface area contributed by atoms with Crippen LogP contribution < -0.4 is 10.5 Å². The van der Waals surface area contributed by atoms with Gasteiger partial charge < -0.3 is 10.5 Å². The molecule has 1 aromatic carbocycles. The average molecular weight is 299 g/mol. The highest BCUT2D eigenvalue weighted by molar-refractivity contribution is 5.94. The SMILES string of the molecule is CCn1ncc(N)c1C(=O)Oc1ccc(C(F)(F)F)cc1. The number of halogens is 3. The standard InChI is InChI=1S/C13H12F3N3O2/c1-2-19-11(10(17)7-18-19)12(20)21-9-5-3-8(4-6-9)13(14,15)16/h3-7H,2,17H2,1H3. The fourth-order valence-electron chi connectivity index (χ4n) is 1.73. The van der Waals surface area contributed by atoms with E-state index in [9.17, 15) is 18.0 Å². The molecule has 8 heteroatoms. The van der Waals surface area contributed by atoms with E-state index in [1.807, 2.05) is 0 Å². The number of benzene rings is 1. The first-order valence-corrected chi connectivity index (χ1v) is 6.03. The van der Waals surface area contributed by atoms with Crippen molar-refractivity contribution < 1.29 is 22.7 Å². The number of nitrogen functional groups attached to an aromatic ring is 1. The molecule has 2 N–H and O–H groups in total. The van der Waals surface area contributed by atoms with Crippen molar-refractivity contribution in [3.63, 3.8) is 0 Å². The van der Waals surface area contributed by atoms with Crippen molar-refractivity contribution in [3.05, 3.63) is 41.7 Å². The molecule has 0 saturated heterocycles. The van der Waals surface area contributed by atoms with Gasteiger partial charge in [-0.2, -0.15) is 18.3 Å². The van der Waals surface area contributed by atoms with Gasteiger partial charge >= 0.3 is 12.1 Å². The summed E-state index contributed by atoms with van der Waals surface area (Å²) in [5.41, 5.74) is 5.01. The number of nitrogens with two attached hydrogens (primary N) is 1. The third-order valence-electron chi connectivity index (χ3n) is 2.75. The van der Waals surface area contributed by atoms with Crippen molar-refractivity contribution in [2.45, 2.75) is 19.6 Å². The molecule has 21 heavy (non-hydrogen) atoms. The summed E-state index contributed by atoms with van der Waals surface area (Å²) in [6.07, 6.45) is -3.12. The Bertz CT molecular complexity index is 648. The summed E-state index contributed by atoms with van der Waals surface area (Å²) in [6, 6.07) is 3.82. The predicted octanol–water partition coefficient (Wildman–Crippen LogP) is 2.72. The largest absolute Gasteiger partial charge is 0.422 e. The number of rotatable bonds is 3. The Morgan fingerprint density at radius 3 is 2.48 bits per heavy atom. The summed E-state index contributed by atoms with van der Waals surface area (Å²) >= 11 is 0. The Labute approximate surface area is 118 Å². The fourth-order valence-corrected chi connectivity index (χ4v) is 1.73. The van der Waals surface area contributed by atoms with Crippen LogP contribution in [-0.4, -0.2) is 15.7 Å². The Balaban J connectivity index is 2.18. The fraction of sp³-hybridized carbons (Fsp3) is 0.231. The van der Waals surface area contributed by atoms with Crippen LogP contribution in [0.2, 0.25) is 0 Å². The normalized spacial score (nSPS) is 11.4. The van der Waals surface area contributed by atoms with Gasteiger partial charge in [0.25, 0.3) is 0 Å². The highest BCUT2D eigenvalue weighted by Gasteiger charge is 2.30. The lowest BCUT2D eigenvalue weighted by Gasteiger charge is -2.09.